The quantitative estimate of drug-likeness (QED) is 0.348. The summed E-state index contributed by atoms with van der Waals surface area (Å²) in [6, 6.07) is 11.0. The number of nitrogens with zero attached hydrogens (tertiary/aromatic N) is 4. The van der Waals surface area contributed by atoms with Crippen LogP contribution in [-0.4, -0.2) is 40.5 Å². The summed E-state index contributed by atoms with van der Waals surface area (Å²) in [5.74, 6) is -0.454. The van der Waals surface area contributed by atoms with Crippen molar-refractivity contribution in [1.29, 1.82) is 0 Å². The maximum atomic E-state index is 15.1. The molecule has 0 saturated heterocycles. The Kier molecular flexibility index (Phi) is 6.70. The number of halogens is 1. The molecule has 10 nitrogen and oxygen atoms in total. The second kappa shape index (κ2) is 9.62. The highest BCUT2D eigenvalue weighted by Crippen LogP contribution is 2.35. The average Bonchev–Trinajstić information content (AvgIpc) is 3.26. The molecule has 4 rings (SSSR count). The number of rotatable bonds is 5. The predicted octanol–water partition coefficient (Wildman–Crippen LogP) is 4.53. The van der Waals surface area contributed by atoms with Crippen molar-refractivity contribution in [3.63, 3.8) is 0 Å². The lowest BCUT2D eigenvalue weighted by atomic mass is 10.0. The van der Waals surface area contributed by atoms with E-state index in [1.165, 1.54) is 48.7 Å². The number of sulfone groups is 1. The molecule has 0 aliphatic heterocycles. The normalized spacial score (nSPS) is 11.8. The minimum absolute atomic E-state index is 0.0610. The van der Waals surface area contributed by atoms with Crippen LogP contribution in [0.5, 0.6) is 0 Å². The van der Waals surface area contributed by atoms with Gasteiger partial charge in [-0.15, -0.1) is 0 Å². The molecule has 2 heterocycles. The van der Waals surface area contributed by atoms with Gasteiger partial charge in [-0.2, -0.15) is 5.10 Å². The monoisotopic (exact) mass is 523 g/mol. The maximum Gasteiger partial charge on any atom is 0.323 e. The van der Waals surface area contributed by atoms with Crippen LogP contribution in [0.3, 0.4) is 0 Å². The van der Waals surface area contributed by atoms with Crippen molar-refractivity contribution in [2.75, 3.05) is 22.6 Å². The molecule has 2 aromatic carbocycles. The molecule has 0 spiro atoms. The van der Waals surface area contributed by atoms with Crippen molar-refractivity contribution in [2.24, 2.45) is 0 Å². The minimum atomic E-state index is -3.35. The summed E-state index contributed by atoms with van der Waals surface area (Å²) in [6.45, 7) is 5.88. The van der Waals surface area contributed by atoms with Crippen LogP contribution in [0.1, 0.15) is 20.8 Å². The summed E-state index contributed by atoms with van der Waals surface area (Å²) in [4.78, 5) is 20.9. The number of hydrogen-bond donors (Lipinski definition) is 3. The number of anilines is 3. The Labute approximate surface area is 213 Å². The molecule has 0 aliphatic carbocycles. The zero-order chi connectivity index (χ0) is 27.0. The largest absolute Gasteiger partial charge is 0.368 e. The third-order valence-electron chi connectivity index (χ3n) is 5.37. The Morgan fingerprint density at radius 3 is 2.27 bits per heavy atom. The molecule has 4 aromatic rings. The van der Waals surface area contributed by atoms with E-state index in [-0.39, 0.29) is 16.4 Å². The fourth-order valence-corrected chi connectivity index (χ4v) is 4.13. The molecule has 2 aromatic heterocycles. The lowest BCUT2D eigenvalue weighted by molar-refractivity contribution is 0.262. The van der Waals surface area contributed by atoms with Crippen molar-refractivity contribution in [2.45, 2.75) is 31.2 Å². The first kappa shape index (κ1) is 25.8. The van der Waals surface area contributed by atoms with Crippen LogP contribution in [0.2, 0.25) is 0 Å². The van der Waals surface area contributed by atoms with Gasteiger partial charge >= 0.3 is 6.03 Å². The molecular weight excluding hydrogens is 497 g/mol. The number of amides is 2. The molecule has 12 heteroatoms. The Balaban J connectivity index is 1.65. The van der Waals surface area contributed by atoms with Gasteiger partial charge in [0.05, 0.1) is 16.1 Å². The van der Waals surface area contributed by atoms with Crippen LogP contribution in [0.25, 0.3) is 22.5 Å². The van der Waals surface area contributed by atoms with E-state index in [0.29, 0.717) is 28.3 Å². The first-order valence-electron chi connectivity index (χ1n) is 11.2. The van der Waals surface area contributed by atoms with E-state index >= 15 is 4.39 Å². The van der Waals surface area contributed by atoms with Gasteiger partial charge in [0.15, 0.2) is 9.84 Å². The minimum Gasteiger partial charge on any atom is -0.368 e. The van der Waals surface area contributed by atoms with Crippen molar-refractivity contribution in [3.05, 3.63) is 66.7 Å². The smallest absolute Gasteiger partial charge is 0.323 e. The van der Waals surface area contributed by atoms with E-state index in [9.17, 15) is 13.2 Å². The molecular formula is C25H26FN7O3S. The lowest BCUT2D eigenvalue weighted by Gasteiger charge is -2.18. The van der Waals surface area contributed by atoms with Gasteiger partial charge in [0, 0.05) is 41.2 Å². The topological polar surface area (TPSA) is 145 Å². The second-order valence-corrected chi connectivity index (χ2v) is 11.4. The van der Waals surface area contributed by atoms with E-state index in [1.807, 2.05) is 20.8 Å². The summed E-state index contributed by atoms with van der Waals surface area (Å²) < 4.78 is 40.0. The number of carbonyl (C=O) groups excluding carboxylic acids is 1. The third kappa shape index (κ3) is 5.92. The number of aromatic nitrogens is 4. The van der Waals surface area contributed by atoms with Gasteiger partial charge in [0.25, 0.3) is 0 Å². The number of nitrogen functional groups attached to an aromatic ring is 1. The highest BCUT2D eigenvalue weighted by atomic mass is 32.2. The Morgan fingerprint density at radius 2 is 1.65 bits per heavy atom. The van der Waals surface area contributed by atoms with Gasteiger partial charge in [-0.3, -0.25) is 4.68 Å². The lowest BCUT2D eigenvalue weighted by Crippen LogP contribution is -2.22. The van der Waals surface area contributed by atoms with Crippen LogP contribution < -0.4 is 16.4 Å². The average molecular weight is 524 g/mol. The molecule has 0 unspecified atom stereocenters. The number of hydrogen-bond acceptors (Lipinski definition) is 7. The molecule has 2 amide bonds. The number of carbonyl (C=O) groups is 1. The Morgan fingerprint density at radius 1 is 1.00 bits per heavy atom. The van der Waals surface area contributed by atoms with E-state index < -0.39 is 27.2 Å². The summed E-state index contributed by atoms with van der Waals surface area (Å²) >= 11 is 0. The van der Waals surface area contributed by atoms with E-state index in [0.717, 1.165) is 6.26 Å². The van der Waals surface area contributed by atoms with Gasteiger partial charge in [-0.05, 0) is 69.3 Å². The van der Waals surface area contributed by atoms with Gasteiger partial charge in [0.1, 0.15) is 11.5 Å². The number of urea groups is 1. The van der Waals surface area contributed by atoms with E-state index in [4.69, 9.17) is 5.73 Å². The van der Waals surface area contributed by atoms with Crippen LogP contribution in [0.4, 0.5) is 26.5 Å². The third-order valence-corrected chi connectivity index (χ3v) is 6.50. The predicted molar refractivity (Wildman–Crippen MR) is 140 cm³/mol. The van der Waals surface area contributed by atoms with Crippen LogP contribution in [-0.2, 0) is 15.4 Å². The summed E-state index contributed by atoms with van der Waals surface area (Å²) in [5, 5.41) is 9.94. The summed E-state index contributed by atoms with van der Waals surface area (Å²) in [6.07, 6.45) is 4.32. The molecule has 4 N–H and O–H groups in total. The number of benzene rings is 2. The van der Waals surface area contributed by atoms with Crippen LogP contribution >= 0.6 is 0 Å². The molecule has 0 atom stereocenters. The maximum absolute atomic E-state index is 15.1. The summed E-state index contributed by atoms with van der Waals surface area (Å²) in [5.41, 5.74) is 7.60. The highest BCUT2D eigenvalue weighted by molar-refractivity contribution is 7.90. The zero-order valence-electron chi connectivity index (χ0n) is 20.7. The SMILES string of the molecule is CC(C)(C)n1cc(-c2cc(NC(=O)Nc3ccc(S(C)(=O)=O)cc3)ccc2F)c(-c2ccnc(N)n2)n1. The van der Waals surface area contributed by atoms with Crippen molar-refractivity contribution in [3.8, 4) is 22.5 Å². The standard InChI is InChI=1S/C25H26FN7O3S/c1-25(2,3)33-14-19(22(32-33)21-11-12-28-23(27)31-21)18-13-16(7-10-20(18)26)30-24(34)29-15-5-8-17(9-6-15)37(4,35)36/h5-14H,1-4H3,(H2,27,28,31)(H2,29,30,34). The molecule has 0 bridgehead atoms. The fraction of sp³-hybridized carbons (Fsp3) is 0.200. The first-order chi connectivity index (χ1) is 17.3. The molecule has 37 heavy (non-hydrogen) atoms. The second-order valence-electron chi connectivity index (χ2n) is 9.38. The fourth-order valence-electron chi connectivity index (χ4n) is 3.50. The van der Waals surface area contributed by atoms with Gasteiger partial charge in [-0.1, -0.05) is 0 Å². The Hall–Kier alpha value is -4.32. The van der Waals surface area contributed by atoms with Gasteiger partial charge in [-0.25, -0.2) is 27.6 Å². The highest BCUT2D eigenvalue weighted by Gasteiger charge is 2.23. The number of nitrogens with two attached hydrogens (primary N) is 1. The molecule has 192 valence electrons. The van der Waals surface area contributed by atoms with Gasteiger partial charge < -0.3 is 16.4 Å². The van der Waals surface area contributed by atoms with Crippen molar-refractivity contribution >= 4 is 33.2 Å². The zero-order valence-corrected chi connectivity index (χ0v) is 21.5. The van der Waals surface area contributed by atoms with Crippen molar-refractivity contribution in [1.82, 2.24) is 19.7 Å². The molecule has 0 aliphatic rings. The first-order valence-corrected chi connectivity index (χ1v) is 13.1. The van der Waals surface area contributed by atoms with Gasteiger partial charge in [0.2, 0.25) is 5.95 Å². The Bertz CT molecular complexity index is 1580. The summed E-state index contributed by atoms with van der Waals surface area (Å²) in [7, 11) is -3.35. The van der Waals surface area contributed by atoms with E-state index in [1.54, 1.807) is 16.9 Å². The van der Waals surface area contributed by atoms with Crippen LogP contribution in [0, 0.1) is 5.82 Å². The number of nitrogens with one attached hydrogen (secondary N) is 2. The van der Waals surface area contributed by atoms with E-state index in [2.05, 4.69) is 25.7 Å². The molecule has 0 fully saturated rings. The molecule has 0 radical (unpaired) electrons. The molecule has 0 saturated carbocycles. The van der Waals surface area contributed by atoms with Crippen LogP contribution in [0.15, 0.2) is 65.8 Å². The van der Waals surface area contributed by atoms with Crippen molar-refractivity contribution < 1.29 is 17.6 Å².